The lowest BCUT2D eigenvalue weighted by Gasteiger charge is -2.27. The SMILES string of the molecule is CCC(C)(CN)C(=O)NC(C)CCCC(=O)O. The first-order valence-corrected chi connectivity index (χ1v) is 6.08. The predicted molar refractivity (Wildman–Crippen MR) is 66.5 cm³/mol. The van der Waals surface area contributed by atoms with Crippen molar-refractivity contribution < 1.29 is 14.7 Å². The summed E-state index contributed by atoms with van der Waals surface area (Å²) in [6.07, 6.45) is 2.07. The number of rotatable bonds is 8. The van der Waals surface area contributed by atoms with E-state index >= 15 is 0 Å². The van der Waals surface area contributed by atoms with Crippen LogP contribution in [0.15, 0.2) is 0 Å². The van der Waals surface area contributed by atoms with E-state index in [1.54, 1.807) is 0 Å². The summed E-state index contributed by atoms with van der Waals surface area (Å²) in [5, 5.41) is 11.4. The van der Waals surface area contributed by atoms with Gasteiger partial charge in [-0.25, -0.2) is 0 Å². The van der Waals surface area contributed by atoms with E-state index in [2.05, 4.69) is 5.32 Å². The lowest BCUT2D eigenvalue weighted by atomic mass is 9.86. The Labute approximate surface area is 103 Å². The highest BCUT2D eigenvalue weighted by molar-refractivity contribution is 5.82. The second kappa shape index (κ2) is 7.27. The van der Waals surface area contributed by atoms with Gasteiger partial charge in [0.05, 0.1) is 5.41 Å². The molecule has 0 heterocycles. The third kappa shape index (κ3) is 5.68. The fourth-order valence-corrected chi connectivity index (χ4v) is 1.43. The molecule has 0 aromatic rings. The third-order valence-corrected chi connectivity index (χ3v) is 3.18. The van der Waals surface area contributed by atoms with Crippen molar-refractivity contribution in [1.82, 2.24) is 5.32 Å². The Morgan fingerprint density at radius 3 is 2.47 bits per heavy atom. The van der Waals surface area contributed by atoms with Crippen LogP contribution in [-0.4, -0.2) is 29.6 Å². The maximum Gasteiger partial charge on any atom is 0.303 e. The molecule has 0 spiro atoms. The summed E-state index contributed by atoms with van der Waals surface area (Å²) in [5.74, 6) is -0.853. The molecule has 0 rings (SSSR count). The molecule has 0 aromatic heterocycles. The molecule has 0 saturated heterocycles. The summed E-state index contributed by atoms with van der Waals surface area (Å²) in [7, 11) is 0. The number of carboxylic acids is 1. The van der Waals surface area contributed by atoms with Crippen molar-refractivity contribution in [3.63, 3.8) is 0 Å². The van der Waals surface area contributed by atoms with Gasteiger partial charge in [-0.3, -0.25) is 9.59 Å². The number of nitrogens with two attached hydrogens (primary N) is 1. The van der Waals surface area contributed by atoms with Gasteiger partial charge in [-0.05, 0) is 33.1 Å². The van der Waals surface area contributed by atoms with Gasteiger partial charge in [0.25, 0.3) is 0 Å². The number of aliphatic carboxylic acids is 1. The van der Waals surface area contributed by atoms with Crippen molar-refractivity contribution in [2.45, 2.75) is 52.5 Å². The second-order valence-corrected chi connectivity index (χ2v) is 4.78. The fourth-order valence-electron chi connectivity index (χ4n) is 1.43. The minimum absolute atomic E-state index is 0.0146. The Kier molecular flexibility index (Phi) is 6.80. The molecular formula is C12H24N2O3. The van der Waals surface area contributed by atoms with Gasteiger partial charge in [-0.2, -0.15) is 0 Å². The van der Waals surface area contributed by atoms with Gasteiger partial charge in [-0.15, -0.1) is 0 Å². The maximum absolute atomic E-state index is 11.9. The van der Waals surface area contributed by atoms with E-state index in [4.69, 9.17) is 10.8 Å². The molecule has 4 N–H and O–H groups in total. The number of amides is 1. The molecule has 0 aromatic carbocycles. The average Bonchev–Trinajstić information content (AvgIpc) is 2.27. The number of hydrogen-bond acceptors (Lipinski definition) is 3. The Hall–Kier alpha value is -1.10. The molecule has 0 aliphatic rings. The Morgan fingerprint density at radius 2 is 2.06 bits per heavy atom. The first-order chi connectivity index (χ1) is 7.85. The summed E-state index contributed by atoms with van der Waals surface area (Å²) in [5.41, 5.74) is 5.07. The van der Waals surface area contributed by atoms with E-state index in [1.807, 2.05) is 20.8 Å². The van der Waals surface area contributed by atoms with E-state index in [0.29, 0.717) is 25.8 Å². The van der Waals surface area contributed by atoms with Gasteiger partial charge < -0.3 is 16.2 Å². The van der Waals surface area contributed by atoms with Crippen molar-refractivity contribution in [1.29, 1.82) is 0 Å². The zero-order valence-corrected chi connectivity index (χ0v) is 11.0. The van der Waals surface area contributed by atoms with Crippen LogP contribution in [0.5, 0.6) is 0 Å². The minimum atomic E-state index is -0.802. The van der Waals surface area contributed by atoms with Gasteiger partial charge in [0.1, 0.15) is 0 Å². The molecule has 2 atom stereocenters. The molecule has 0 aliphatic heterocycles. The van der Waals surface area contributed by atoms with E-state index in [9.17, 15) is 9.59 Å². The Morgan fingerprint density at radius 1 is 1.47 bits per heavy atom. The normalized spacial score (nSPS) is 16.0. The highest BCUT2D eigenvalue weighted by atomic mass is 16.4. The smallest absolute Gasteiger partial charge is 0.303 e. The third-order valence-electron chi connectivity index (χ3n) is 3.18. The quantitative estimate of drug-likeness (QED) is 0.596. The van der Waals surface area contributed by atoms with Crippen LogP contribution in [0.1, 0.15) is 46.5 Å². The van der Waals surface area contributed by atoms with Crippen LogP contribution in [0, 0.1) is 5.41 Å². The molecule has 0 radical (unpaired) electrons. The van der Waals surface area contributed by atoms with E-state index in [1.165, 1.54) is 0 Å². The topological polar surface area (TPSA) is 92.4 Å². The van der Waals surface area contributed by atoms with Gasteiger partial charge in [0.2, 0.25) is 5.91 Å². The highest BCUT2D eigenvalue weighted by Gasteiger charge is 2.30. The predicted octanol–water partition coefficient (Wildman–Crippen LogP) is 1.12. The maximum atomic E-state index is 11.9. The number of carboxylic acid groups (broad SMARTS) is 1. The molecule has 0 saturated carbocycles. The Bertz CT molecular complexity index is 262. The highest BCUT2D eigenvalue weighted by Crippen LogP contribution is 2.19. The molecule has 0 aliphatic carbocycles. The van der Waals surface area contributed by atoms with Gasteiger partial charge in [0.15, 0.2) is 0 Å². The monoisotopic (exact) mass is 244 g/mol. The van der Waals surface area contributed by atoms with E-state index in [0.717, 1.165) is 0 Å². The number of carbonyl (C=O) groups excluding carboxylic acids is 1. The lowest BCUT2D eigenvalue weighted by molar-refractivity contribution is -0.137. The Balaban J connectivity index is 4.07. The molecule has 1 amide bonds. The van der Waals surface area contributed by atoms with Crippen molar-refractivity contribution in [2.24, 2.45) is 11.1 Å². The summed E-state index contributed by atoms with van der Waals surface area (Å²) < 4.78 is 0. The minimum Gasteiger partial charge on any atom is -0.481 e. The zero-order chi connectivity index (χ0) is 13.5. The number of hydrogen-bond donors (Lipinski definition) is 3. The summed E-state index contributed by atoms with van der Waals surface area (Å²) in [6, 6.07) is -0.0146. The van der Waals surface area contributed by atoms with Crippen molar-refractivity contribution in [3.8, 4) is 0 Å². The first-order valence-electron chi connectivity index (χ1n) is 6.08. The second-order valence-electron chi connectivity index (χ2n) is 4.78. The van der Waals surface area contributed by atoms with Crippen LogP contribution < -0.4 is 11.1 Å². The van der Waals surface area contributed by atoms with Crippen LogP contribution in [0.3, 0.4) is 0 Å². The van der Waals surface area contributed by atoms with Gasteiger partial charge >= 0.3 is 5.97 Å². The largest absolute Gasteiger partial charge is 0.481 e. The zero-order valence-electron chi connectivity index (χ0n) is 11.0. The average molecular weight is 244 g/mol. The van der Waals surface area contributed by atoms with Crippen molar-refractivity contribution in [3.05, 3.63) is 0 Å². The molecule has 5 heteroatoms. The molecule has 0 bridgehead atoms. The summed E-state index contributed by atoms with van der Waals surface area (Å²) in [6.45, 7) is 5.97. The first kappa shape index (κ1) is 15.9. The van der Waals surface area contributed by atoms with E-state index < -0.39 is 11.4 Å². The molecule has 2 unspecified atom stereocenters. The number of carbonyl (C=O) groups is 2. The molecule has 5 nitrogen and oxygen atoms in total. The molecule has 0 fully saturated rings. The summed E-state index contributed by atoms with van der Waals surface area (Å²) >= 11 is 0. The van der Waals surface area contributed by atoms with Crippen LogP contribution in [-0.2, 0) is 9.59 Å². The molecule has 17 heavy (non-hydrogen) atoms. The van der Waals surface area contributed by atoms with Crippen molar-refractivity contribution >= 4 is 11.9 Å². The standard InChI is InChI=1S/C12H24N2O3/c1-4-12(3,8-13)11(17)14-9(2)6-5-7-10(15)16/h9H,4-8,13H2,1-3H3,(H,14,17)(H,15,16). The van der Waals surface area contributed by atoms with Gasteiger partial charge in [0, 0.05) is 19.0 Å². The van der Waals surface area contributed by atoms with Crippen molar-refractivity contribution in [2.75, 3.05) is 6.54 Å². The lowest BCUT2D eigenvalue weighted by Crippen LogP contribution is -2.46. The summed E-state index contributed by atoms with van der Waals surface area (Å²) in [4.78, 5) is 22.3. The van der Waals surface area contributed by atoms with Crippen LogP contribution in [0.2, 0.25) is 0 Å². The number of nitrogens with one attached hydrogen (secondary N) is 1. The van der Waals surface area contributed by atoms with E-state index in [-0.39, 0.29) is 18.4 Å². The van der Waals surface area contributed by atoms with Crippen LogP contribution in [0.4, 0.5) is 0 Å². The molecule has 100 valence electrons. The fraction of sp³-hybridized carbons (Fsp3) is 0.833. The van der Waals surface area contributed by atoms with Crippen LogP contribution in [0.25, 0.3) is 0 Å². The van der Waals surface area contributed by atoms with Crippen LogP contribution >= 0.6 is 0 Å². The van der Waals surface area contributed by atoms with Gasteiger partial charge in [-0.1, -0.05) is 6.92 Å². The molecular weight excluding hydrogens is 220 g/mol.